The van der Waals surface area contributed by atoms with E-state index in [-0.39, 0.29) is 23.8 Å². The van der Waals surface area contributed by atoms with Crippen LogP contribution in [-0.2, 0) is 9.59 Å². The van der Waals surface area contributed by atoms with E-state index < -0.39 is 5.97 Å². The number of carboxylic acid groups (broad SMARTS) is 1. The Morgan fingerprint density at radius 2 is 1.81 bits per heavy atom. The predicted molar refractivity (Wildman–Crippen MR) is 58.8 cm³/mol. The molecule has 0 spiro atoms. The first-order valence-electron chi connectivity index (χ1n) is 6.11. The number of carboxylic acids is 1. The summed E-state index contributed by atoms with van der Waals surface area (Å²) in [7, 11) is 0. The summed E-state index contributed by atoms with van der Waals surface area (Å²) in [5, 5.41) is 11.9. The highest BCUT2D eigenvalue weighted by Crippen LogP contribution is 2.34. The highest BCUT2D eigenvalue weighted by Gasteiger charge is 2.36. The minimum atomic E-state index is -0.759. The Bertz CT molecular complexity index is 299. The van der Waals surface area contributed by atoms with Crippen LogP contribution >= 0.6 is 0 Å². The van der Waals surface area contributed by atoms with Gasteiger partial charge in [0.15, 0.2) is 0 Å². The van der Waals surface area contributed by atoms with Gasteiger partial charge < -0.3 is 10.4 Å². The lowest BCUT2D eigenvalue weighted by Gasteiger charge is -2.16. The van der Waals surface area contributed by atoms with Crippen LogP contribution in [0.4, 0.5) is 0 Å². The third kappa shape index (κ3) is 2.54. The summed E-state index contributed by atoms with van der Waals surface area (Å²) >= 11 is 0. The molecule has 2 aliphatic carbocycles. The summed E-state index contributed by atoms with van der Waals surface area (Å²) < 4.78 is 0. The van der Waals surface area contributed by atoms with Crippen molar-refractivity contribution in [2.24, 2.45) is 17.8 Å². The fraction of sp³-hybridized carbons (Fsp3) is 0.833. The smallest absolute Gasteiger partial charge is 0.306 e. The second-order valence-electron chi connectivity index (χ2n) is 5.18. The molecule has 0 heterocycles. The van der Waals surface area contributed by atoms with Crippen molar-refractivity contribution >= 4 is 11.9 Å². The Morgan fingerprint density at radius 1 is 1.19 bits per heavy atom. The molecule has 0 aromatic heterocycles. The molecule has 0 bridgehead atoms. The number of amides is 1. The first-order chi connectivity index (χ1) is 7.58. The highest BCUT2D eigenvalue weighted by atomic mass is 16.4. The van der Waals surface area contributed by atoms with Gasteiger partial charge >= 0.3 is 5.97 Å². The maximum absolute atomic E-state index is 11.9. The van der Waals surface area contributed by atoms with E-state index in [1.54, 1.807) is 0 Å². The van der Waals surface area contributed by atoms with Crippen LogP contribution in [-0.4, -0.2) is 23.0 Å². The molecule has 4 heteroatoms. The molecule has 0 aromatic carbocycles. The second-order valence-corrected chi connectivity index (χ2v) is 5.18. The normalized spacial score (nSPS) is 31.1. The van der Waals surface area contributed by atoms with Gasteiger partial charge in [-0.05, 0) is 44.9 Å². The SMILES string of the molecule is CC(NC(=O)C1CCC(C(=O)O)C1)C1CC1. The summed E-state index contributed by atoms with van der Waals surface area (Å²) in [5.41, 5.74) is 0. The van der Waals surface area contributed by atoms with E-state index in [0.29, 0.717) is 18.8 Å². The maximum atomic E-state index is 11.9. The molecule has 4 nitrogen and oxygen atoms in total. The van der Waals surface area contributed by atoms with Gasteiger partial charge in [-0.2, -0.15) is 0 Å². The Labute approximate surface area is 95.4 Å². The van der Waals surface area contributed by atoms with Crippen molar-refractivity contribution in [1.29, 1.82) is 0 Å². The van der Waals surface area contributed by atoms with Crippen LogP contribution in [0.15, 0.2) is 0 Å². The Balaban J connectivity index is 1.79. The quantitative estimate of drug-likeness (QED) is 0.760. The highest BCUT2D eigenvalue weighted by molar-refractivity contribution is 5.81. The van der Waals surface area contributed by atoms with Crippen LogP contribution in [0.5, 0.6) is 0 Å². The monoisotopic (exact) mass is 225 g/mol. The van der Waals surface area contributed by atoms with Crippen molar-refractivity contribution in [2.75, 3.05) is 0 Å². The summed E-state index contributed by atoms with van der Waals surface area (Å²) in [6.07, 6.45) is 4.30. The molecule has 2 N–H and O–H groups in total. The number of nitrogens with one attached hydrogen (secondary N) is 1. The molecule has 1 amide bonds. The Hall–Kier alpha value is -1.06. The van der Waals surface area contributed by atoms with Crippen LogP contribution in [0.3, 0.4) is 0 Å². The second kappa shape index (κ2) is 4.44. The minimum Gasteiger partial charge on any atom is -0.481 e. The zero-order chi connectivity index (χ0) is 11.7. The number of hydrogen-bond acceptors (Lipinski definition) is 2. The number of rotatable bonds is 4. The van der Waals surface area contributed by atoms with Gasteiger partial charge in [0.05, 0.1) is 5.92 Å². The molecular weight excluding hydrogens is 206 g/mol. The number of aliphatic carboxylic acids is 1. The molecule has 90 valence electrons. The van der Waals surface area contributed by atoms with E-state index in [1.807, 2.05) is 6.92 Å². The average molecular weight is 225 g/mol. The Morgan fingerprint density at radius 3 is 2.31 bits per heavy atom. The van der Waals surface area contributed by atoms with Gasteiger partial charge in [0.25, 0.3) is 0 Å². The minimum absolute atomic E-state index is 0.0585. The van der Waals surface area contributed by atoms with Crippen LogP contribution < -0.4 is 5.32 Å². The van der Waals surface area contributed by atoms with E-state index in [1.165, 1.54) is 12.8 Å². The van der Waals surface area contributed by atoms with Gasteiger partial charge in [0.2, 0.25) is 5.91 Å². The van der Waals surface area contributed by atoms with Crippen molar-refractivity contribution in [2.45, 2.75) is 45.1 Å². The molecule has 2 fully saturated rings. The fourth-order valence-electron chi connectivity index (χ4n) is 2.50. The Kier molecular flexibility index (Phi) is 3.17. The third-order valence-electron chi connectivity index (χ3n) is 3.85. The number of carbonyl (C=O) groups is 2. The molecule has 2 aliphatic rings. The van der Waals surface area contributed by atoms with Crippen molar-refractivity contribution in [3.63, 3.8) is 0 Å². The molecule has 0 saturated heterocycles. The van der Waals surface area contributed by atoms with Crippen molar-refractivity contribution in [3.8, 4) is 0 Å². The molecule has 2 rings (SSSR count). The summed E-state index contributed by atoms with van der Waals surface area (Å²) in [4.78, 5) is 22.6. The number of hydrogen-bond donors (Lipinski definition) is 2. The van der Waals surface area contributed by atoms with E-state index in [9.17, 15) is 9.59 Å². The summed E-state index contributed by atoms with van der Waals surface area (Å²) in [6.45, 7) is 2.04. The standard InChI is InChI=1S/C12H19NO3/c1-7(8-2-3-8)13-11(14)9-4-5-10(6-9)12(15)16/h7-10H,2-6H2,1H3,(H,13,14)(H,15,16). The van der Waals surface area contributed by atoms with Crippen LogP contribution in [0.25, 0.3) is 0 Å². The largest absolute Gasteiger partial charge is 0.481 e. The first-order valence-corrected chi connectivity index (χ1v) is 6.11. The van der Waals surface area contributed by atoms with Crippen LogP contribution in [0, 0.1) is 17.8 Å². The van der Waals surface area contributed by atoms with Gasteiger partial charge in [0, 0.05) is 12.0 Å². The lowest BCUT2D eigenvalue weighted by atomic mass is 10.0. The van der Waals surface area contributed by atoms with Gasteiger partial charge in [-0.1, -0.05) is 0 Å². The molecule has 0 aliphatic heterocycles. The molecule has 3 atom stereocenters. The zero-order valence-electron chi connectivity index (χ0n) is 9.61. The molecule has 0 radical (unpaired) electrons. The van der Waals surface area contributed by atoms with Crippen molar-refractivity contribution < 1.29 is 14.7 Å². The third-order valence-corrected chi connectivity index (χ3v) is 3.85. The van der Waals surface area contributed by atoms with Crippen molar-refractivity contribution in [3.05, 3.63) is 0 Å². The molecule has 16 heavy (non-hydrogen) atoms. The average Bonchev–Trinajstić information content (AvgIpc) is 2.95. The maximum Gasteiger partial charge on any atom is 0.306 e. The van der Waals surface area contributed by atoms with Gasteiger partial charge in [-0.15, -0.1) is 0 Å². The van der Waals surface area contributed by atoms with E-state index in [0.717, 1.165) is 6.42 Å². The molecule has 2 saturated carbocycles. The first kappa shape index (κ1) is 11.4. The topological polar surface area (TPSA) is 66.4 Å². The zero-order valence-corrected chi connectivity index (χ0v) is 9.61. The summed E-state index contributed by atoms with van der Waals surface area (Å²) in [6, 6.07) is 0.261. The summed E-state index contributed by atoms with van der Waals surface area (Å²) in [5.74, 6) is -0.441. The van der Waals surface area contributed by atoms with Gasteiger partial charge in [-0.3, -0.25) is 9.59 Å². The van der Waals surface area contributed by atoms with E-state index in [2.05, 4.69) is 5.32 Å². The lowest BCUT2D eigenvalue weighted by molar-refractivity contribution is -0.141. The van der Waals surface area contributed by atoms with Crippen molar-refractivity contribution in [1.82, 2.24) is 5.32 Å². The van der Waals surface area contributed by atoms with Crippen LogP contribution in [0.1, 0.15) is 39.0 Å². The molecular formula is C12H19NO3. The molecule has 0 aromatic rings. The molecule has 3 unspecified atom stereocenters. The fourth-order valence-corrected chi connectivity index (χ4v) is 2.50. The van der Waals surface area contributed by atoms with E-state index in [4.69, 9.17) is 5.11 Å². The van der Waals surface area contributed by atoms with Gasteiger partial charge in [0.1, 0.15) is 0 Å². The lowest BCUT2D eigenvalue weighted by Crippen LogP contribution is -2.37. The number of carbonyl (C=O) groups excluding carboxylic acids is 1. The predicted octanol–water partition coefficient (Wildman–Crippen LogP) is 1.40. The van der Waals surface area contributed by atoms with Gasteiger partial charge in [-0.25, -0.2) is 0 Å². The van der Waals surface area contributed by atoms with E-state index >= 15 is 0 Å². The van der Waals surface area contributed by atoms with Crippen LogP contribution in [0.2, 0.25) is 0 Å².